The molecule has 0 saturated carbocycles. The van der Waals surface area contributed by atoms with Crippen molar-refractivity contribution in [3.05, 3.63) is 6.15 Å². The molecule has 0 amide bonds. The molecule has 0 radical (unpaired) electrons. The van der Waals surface area contributed by atoms with E-state index in [1.54, 1.807) is 0 Å². The first kappa shape index (κ1) is 17.5. The van der Waals surface area contributed by atoms with Gasteiger partial charge in [0.15, 0.2) is 0 Å². The Morgan fingerprint density at radius 1 is 1.36 bits per heavy atom. The van der Waals surface area contributed by atoms with E-state index in [-0.39, 0.29) is 25.0 Å². The second-order valence-electron chi connectivity index (χ2n) is 2.52. The van der Waals surface area contributed by atoms with E-state index in [1.165, 1.54) is 6.42 Å². The zero-order valence-electron chi connectivity index (χ0n) is 8.06. The molecule has 1 unspecified atom stereocenters. The molecule has 0 aromatic rings. The number of hydrogen-bond donors (Lipinski definition) is 2. The zero-order valence-corrected chi connectivity index (χ0v) is 8.06. The molecule has 0 aromatic carbocycles. The minimum absolute atomic E-state index is 0. The van der Waals surface area contributed by atoms with Gasteiger partial charge >= 0.3 is 18.9 Å². The first-order chi connectivity index (χ1) is 4.27. The summed E-state index contributed by atoms with van der Waals surface area (Å²) in [6, 6.07) is 0.342. The Bertz CT molecular complexity index is 59.6. The Labute approximate surface area is 82.3 Å². The van der Waals surface area contributed by atoms with Crippen LogP contribution in [0, 0.1) is 0 Å². The number of nitrogens with one attached hydrogen (secondary N) is 1. The maximum Gasteiger partial charge on any atom is 1.00 e. The molecule has 0 aliphatic carbocycles. The molecule has 0 fully saturated rings. The van der Waals surface area contributed by atoms with E-state index in [2.05, 4.69) is 12.2 Å². The molecule has 0 saturated heterocycles. The molecule has 3 nitrogen and oxygen atoms in total. The molecule has 4 heteroatoms. The van der Waals surface area contributed by atoms with Crippen molar-refractivity contribution in [2.45, 2.75) is 32.7 Å². The van der Waals surface area contributed by atoms with Crippen LogP contribution >= 0.6 is 0 Å². The maximum absolute atomic E-state index is 5.53. The fourth-order valence-corrected chi connectivity index (χ4v) is 0.632. The van der Waals surface area contributed by atoms with Crippen molar-refractivity contribution in [1.82, 2.24) is 5.32 Å². The number of rotatable bonds is 5. The van der Waals surface area contributed by atoms with Gasteiger partial charge < -0.3 is 17.2 Å². The van der Waals surface area contributed by atoms with Gasteiger partial charge in [0, 0.05) is 6.04 Å². The monoisotopic (exact) mass is 153 g/mol. The van der Waals surface area contributed by atoms with Gasteiger partial charge in [-0.25, -0.2) is 0 Å². The SMILES string of the molecule is CCCNCCC(C)N.[Li+].[NH2-]. The van der Waals surface area contributed by atoms with Crippen LogP contribution in [0.3, 0.4) is 0 Å². The maximum atomic E-state index is 5.53. The number of nitrogens with two attached hydrogens (primary N) is 2. The molecule has 0 aromatic heterocycles. The molecule has 0 spiro atoms. The van der Waals surface area contributed by atoms with Crippen LogP contribution in [0.4, 0.5) is 0 Å². The normalized spacial score (nSPS) is 11.2. The van der Waals surface area contributed by atoms with E-state index in [0.29, 0.717) is 6.04 Å². The minimum Gasteiger partial charge on any atom is -0.693 e. The second-order valence-corrected chi connectivity index (χ2v) is 2.52. The fourth-order valence-electron chi connectivity index (χ4n) is 0.632. The standard InChI is InChI=1S/C7H18N2.Li.H2N/c1-3-5-9-6-4-7(2)8;;/h7,9H,3-6,8H2,1-2H3;;1H2/q;+1;-1. The van der Waals surface area contributed by atoms with E-state index < -0.39 is 0 Å². The van der Waals surface area contributed by atoms with Crippen LogP contribution in [0.1, 0.15) is 26.7 Å². The largest absolute Gasteiger partial charge is 1.00 e. The van der Waals surface area contributed by atoms with Gasteiger partial charge in [0.1, 0.15) is 0 Å². The van der Waals surface area contributed by atoms with Gasteiger partial charge in [0.25, 0.3) is 0 Å². The van der Waals surface area contributed by atoms with Gasteiger partial charge in [-0.05, 0) is 32.9 Å². The van der Waals surface area contributed by atoms with Crippen LogP contribution in [0.15, 0.2) is 0 Å². The average Bonchev–Trinajstić information content (AvgIpc) is 1.80. The van der Waals surface area contributed by atoms with Crippen LogP contribution in [0.2, 0.25) is 0 Å². The van der Waals surface area contributed by atoms with Crippen molar-refractivity contribution in [2.75, 3.05) is 13.1 Å². The van der Waals surface area contributed by atoms with Gasteiger partial charge in [0.05, 0.1) is 0 Å². The van der Waals surface area contributed by atoms with Gasteiger partial charge in [-0.1, -0.05) is 6.92 Å². The average molecular weight is 153 g/mol. The van der Waals surface area contributed by atoms with Crippen LogP contribution in [0.25, 0.3) is 6.15 Å². The molecule has 64 valence electrons. The third-order valence-electron chi connectivity index (χ3n) is 1.20. The van der Waals surface area contributed by atoms with Crippen molar-refractivity contribution in [3.8, 4) is 0 Å². The molecule has 0 heterocycles. The quantitative estimate of drug-likeness (QED) is 0.370. The Morgan fingerprint density at radius 2 is 1.91 bits per heavy atom. The summed E-state index contributed by atoms with van der Waals surface area (Å²) < 4.78 is 0. The summed E-state index contributed by atoms with van der Waals surface area (Å²) >= 11 is 0. The molecule has 0 aliphatic rings. The predicted octanol–water partition coefficient (Wildman–Crippen LogP) is -1.56. The molecule has 5 N–H and O–H groups in total. The van der Waals surface area contributed by atoms with Crippen LogP contribution < -0.4 is 29.9 Å². The molecular weight excluding hydrogens is 133 g/mol. The van der Waals surface area contributed by atoms with Gasteiger partial charge in [0.2, 0.25) is 0 Å². The van der Waals surface area contributed by atoms with Crippen LogP contribution in [-0.4, -0.2) is 19.1 Å². The fraction of sp³-hybridized carbons (Fsp3) is 1.00. The Balaban J connectivity index is -0.000000320. The third kappa shape index (κ3) is 17.9. The summed E-state index contributed by atoms with van der Waals surface area (Å²) in [5.41, 5.74) is 5.53. The van der Waals surface area contributed by atoms with E-state index >= 15 is 0 Å². The summed E-state index contributed by atoms with van der Waals surface area (Å²) in [5, 5.41) is 3.29. The van der Waals surface area contributed by atoms with Crippen molar-refractivity contribution in [2.24, 2.45) is 5.73 Å². The summed E-state index contributed by atoms with van der Waals surface area (Å²) in [6.07, 6.45) is 2.29. The summed E-state index contributed by atoms with van der Waals surface area (Å²) in [7, 11) is 0. The smallest absolute Gasteiger partial charge is 0.693 e. The van der Waals surface area contributed by atoms with E-state index in [1.807, 2.05) is 6.92 Å². The first-order valence-electron chi connectivity index (χ1n) is 3.73. The van der Waals surface area contributed by atoms with Crippen LogP contribution in [-0.2, 0) is 0 Å². The molecule has 0 bridgehead atoms. The van der Waals surface area contributed by atoms with E-state index in [4.69, 9.17) is 5.73 Å². The minimum atomic E-state index is 0. The molecule has 0 rings (SSSR count). The molecular formula is C7H20LiN3. The van der Waals surface area contributed by atoms with Gasteiger partial charge in [-0.2, -0.15) is 0 Å². The van der Waals surface area contributed by atoms with Gasteiger partial charge in [-0.3, -0.25) is 0 Å². The third-order valence-corrected chi connectivity index (χ3v) is 1.20. The molecule has 11 heavy (non-hydrogen) atoms. The molecule has 1 atom stereocenters. The summed E-state index contributed by atoms with van der Waals surface area (Å²) in [5.74, 6) is 0. The van der Waals surface area contributed by atoms with Crippen LogP contribution in [0.5, 0.6) is 0 Å². The van der Waals surface area contributed by atoms with Crippen molar-refractivity contribution in [3.63, 3.8) is 0 Å². The van der Waals surface area contributed by atoms with Crippen molar-refractivity contribution in [1.29, 1.82) is 0 Å². The second kappa shape index (κ2) is 13.1. The van der Waals surface area contributed by atoms with Crippen molar-refractivity contribution < 1.29 is 18.9 Å². The topological polar surface area (TPSA) is 71.5 Å². The summed E-state index contributed by atoms with van der Waals surface area (Å²) in [6.45, 7) is 6.38. The first-order valence-corrected chi connectivity index (χ1v) is 3.73. The Kier molecular flexibility index (Phi) is 20.9. The Hall–Kier alpha value is 0.477. The number of hydrogen-bond acceptors (Lipinski definition) is 2. The molecule has 0 aliphatic heterocycles. The Morgan fingerprint density at radius 3 is 2.27 bits per heavy atom. The predicted molar refractivity (Wildman–Crippen MR) is 46.7 cm³/mol. The van der Waals surface area contributed by atoms with E-state index in [0.717, 1.165) is 19.5 Å². The summed E-state index contributed by atoms with van der Waals surface area (Å²) in [4.78, 5) is 0. The van der Waals surface area contributed by atoms with E-state index in [9.17, 15) is 0 Å². The van der Waals surface area contributed by atoms with Crippen molar-refractivity contribution >= 4 is 0 Å². The zero-order chi connectivity index (χ0) is 7.11. The van der Waals surface area contributed by atoms with Gasteiger partial charge in [-0.15, -0.1) is 0 Å².